The van der Waals surface area contributed by atoms with Crippen LogP contribution in [-0.2, 0) is 6.54 Å². The van der Waals surface area contributed by atoms with Gasteiger partial charge >= 0.3 is 0 Å². The van der Waals surface area contributed by atoms with E-state index in [0.717, 1.165) is 27.9 Å². The second-order valence-electron chi connectivity index (χ2n) is 5.66. The predicted molar refractivity (Wildman–Crippen MR) is 87.0 cm³/mol. The summed E-state index contributed by atoms with van der Waals surface area (Å²) in [6.45, 7) is 2.43. The van der Waals surface area contributed by atoms with Crippen LogP contribution in [-0.4, -0.2) is 21.0 Å². The van der Waals surface area contributed by atoms with Crippen LogP contribution in [0.1, 0.15) is 21.6 Å². The largest absolute Gasteiger partial charge is 0.508 e. The van der Waals surface area contributed by atoms with Crippen molar-refractivity contribution in [2.45, 2.75) is 13.5 Å². The molecule has 0 atom stereocenters. The second kappa shape index (κ2) is 4.98. The van der Waals surface area contributed by atoms with Crippen molar-refractivity contribution >= 4 is 5.91 Å². The zero-order chi connectivity index (χ0) is 16.0. The second-order valence-corrected chi connectivity index (χ2v) is 5.66. The van der Waals surface area contributed by atoms with Gasteiger partial charge in [0, 0.05) is 24.0 Å². The minimum atomic E-state index is -0.0790. The summed E-state index contributed by atoms with van der Waals surface area (Å²) in [5.41, 5.74) is 5.36. The molecular formula is C18H15N3O2. The summed E-state index contributed by atoms with van der Waals surface area (Å²) < 4.78 is 0. The highest BCUT2D eigenvalue weighted by Gasteiger charge is 2.27. The number of phenols is 1. The maximum Gasteiger partial charge on any atom is 0.252 e. The van der Waals surface area contributed by atoms with Gasteiger partial charge in [0.05, 0.1) is 5.56 Å². The molecule has 5 nitrogen and oxygen atoms in total. The number of rotatable bonds is 2. The van der Waals surface area contributed by atoms with E-state index < -0.39 is 0 Å². The number of aromatic hydroxyl groups is 1. The van der Waals surface area contributed by atoms with Gasteiger partial charge in [0.2, 0.25) is 0 Å². The Labute approximate surface area is 133 Å². The van der Waals surface area contributed by atoms with Crippen molar-refractivity contribution in [3.05, 3.63) is 59.4 Å². The fourth-order valence-corrected chi connectivity index (χ4v) is 3.01. The number of imidazole rings is 1. The zero-order valence-corrected chi connectivity index (χ0v) is 12.6. The Kier molecular flexibility index (Phi) is 2.94. The van der Waals surface area contributed by atoms with Crippen LogP contribution in [0.15, 0.2) is 42.6 Å². The number of aryl methyl sites for hydroxylation is 1. The Hall–Kier alpha value is -3.08. The Balaban J connectivity index is 1.92. The molecule has 0 aliphatic carbocycles. The summed E-state index contributed by atoms with van der Waals surface area (Å²) in [4.78, 5) is 19.8. The van der Waals surface area contributed by atoms with Gasteiger partial charge in [0.15, 0.2) is 0 Å². The molecule has 1 aliphatic heterocycles. The molecule has 114 valence electrons. The number of aromatic nitrogens is 2. The topological polar surface area (TPSA) is 78.0 Å². The third kappa shape index (κ3) is 2.17. The van der Waals surface area contributed by atoms with Crippen molar-refractivity contribution in [3.8, 4) is 28.3 Å². The first-order valence-electron chi connectivity index (χ1n) is 7.39. The predicted octanol–water partition coefficient (Wildman–Crippen LogP) is 3.00. The standard InChI is InChI=1S/C18H15N3O2/c1-10-8-19-17(21-10)14-7-6-13(11-2-4-12(22)5-3-11)15-9-20-18(23)16(14)15/h2-8,22H,9H2,1H3,(H,19,21)(H,20,23). The molecule has 0 saturated heterocycles. The molecule has 1 aliphatic rings. The number of hydrogen-bond donors (Lipinski definition) is 3. The highest BCUT2D eigenvalue weighted by molar-refractivity contribution is 6.06. The van der Waals surface area contributed by atoms with Gasteiger partial charge in [0.25, 0.3) is 5.91 Å². The van der Waals surface area contributed by atoms with Crippen LogP contribution in [0, 0.1) is 6.92 Å². The maximum atomic E-state index is 12.3. The Morgan fingerprint density at radius 1 is 1.09 bits per heavy atom. The lowest BCUT2D eigenvalue weighted by Gasteiger charge is -2.10. The summed E-state index contributed by atoms with van der Waals surface area (Å²) >= 11 is 0. The lowest BCUT2D eigenvalue weighted by molar-refractivity contribution is 0.0966. The minimum absolute atomic E-state index is 0.0790. The van der Waals surface area contributed by atoms with Gasteiger partial charge in [-0.1, -0.05) is 18.2 Å². The number of nitrogens with zero attached hydrogens (tertiary/aromatic N) is 1. The monoisotopic (exact) mass is 305 g/mol. The fourth-order valence-electron chi connectivity index (χ4n) is 3.01. The number of fused-ring (bicyclic) bond motifs is 1. The zero-order valence-electron chi connectivity index (χ0n) is 12.6. The lowest BCUT2D eigenvalue weighted by Crippen LogP contribution is -2.13. The van der Waals surface area contributed by atoms with Crippen molar-refractivity contribution < 1.29 is 9.90 Å². The first kappa shape index (κ1) is 13.6. The number of aromatic amines is 1. The highest BCUT2D eigenvalue weighted by Crippen LogP contribution is 2.35. The molecule has 0 bridgehead atoms. The van der Waals surface area contributed by atoms with Gasteiger partial charge in [-0.25, -0.2) is 4.98 Å². The maximum absolute atomic E-state index is 12.3. The lowest BCUT2D eigenvalue weighted by atomic mass is 9.93. The van der Waals surface area contributed by atoms with Crippen LogP contribution in [0.25, 0.3) is 22.5 Å². The van der Waals surface area contributed by atoms with E-state index in [2.05, 4.69) is 15.3 Å². The quantitative estimate of drug-likeness (QED) is 0.681. The fraction of sp³-hybridized carbons (Fsp3) is 0.111. The number of phenolic OH excluding ortho intramolecular Hbond substituents is 1. The molecule has 0 spiro atoms. The summed E-state index contributed by atoms with van der Waals surface area (Å²) in [5, 5.41) is 12.3. The van der Waals surface area contributed by atoms with E-state index in [9.17, 15) is 9.90 Å². The van der Waals surface area contributed by atoms with Crippen LogP contribution < -0.4 is 5.32 Å². The average molecular weight is 305 g/mol. The van der Waals surface area contributed by atoms with E-state index in [-0.39, 0.29) is 11.7 Å². The molecule has 5 heteroatoms. The van der Waals surface area contributed by atoms with Crippen LogP contribution in [0.5, 0.6) is 5.75 Å². The van der Waals surface area contributed by atoms with Crippen molar-refractivity contribution in [1.29, 1.82) is 0 Å². The van der Waals surface area contributed by atoms with Gasteiger partial charge in [0.1, 0.15) is 11.6 Å². The van der Waals surface area contributed by atoms with Gasteiger partial charge in [-0.3, -0.25) is 4.79 Å². The number of hydrogen-bond acceptors (Lipinski definition) is 3. The van der Waals surface area contributed by atoms with Crippen molar-refractivity contribution in [2.24, 2.45) is 0 Å². The normalized spacial score (nSPS) is 13.0. The molecule has 0 saturated carbocycles. The van der Waals surface area contributed by atoms with Gasteiger partial charge in [-0.05, 0) is 41.8 Å². The van der Waals surface area contributed by atoms with Crippen LogP contribution in [0.4, 0.5) is 0 Å². The van der Waals surface area contributed by atoms with Gasteiger partial charge in [-0.15, -0.1) is 0 Å². The number of amides is 1. The number of carbonyl (C=O) groups excluding carboxylic acids is 1. The molecule has 23 heavy (non-hydrogen) atoms. The van der Waals surface area contributed by atoms with E-state index in [4.69, 9.17) is 0 Å². The molecule has 4 rings (SSSR count). The number of nitrogens with one attached hydrogen (secondary N) is 2. The number of benzene rings is 2. The molecule has 3 aromatic rings. The first-order chi connectivity index (χ1) is 11.1. The van der Waals surface area contributed by atoms with E-state index >= 15 is 0 Å². The van der Waals surface area contributed by atoms with Crippen molar-refractivity contribution in [1.82, 2.24) is 15.3 Å². The number of H-pyrrole nitrogens is 1. The Morgan fingerprint density at radius 3 is 2.52 bits per heavy atom. The van der Waals surface area contributed by atoms with Gasteiger partial charge in [-0.2, -0.15) is 0 Å². The van der Waals surface area contributed by atoms with Crippen LogP contribution in [0.2, 0.25) is 0 Å². The SMILES string of the molecule is Cc1cnc(-c2ccc(-c3ccc(O)cc3)c3c2C(=O)NC3)[nH]1. The summed E-state index contributed by atoms with van der Waals surface area (Å²) in [7, 11) is 0. The molecule has 2 aromatic carbocycles. The van der Waals surface area contributed by atoms with Crippen molar-refractivity contribution in [3.63, 3.8) is 0 Å². The smallest absolute Gasteiger partial charge is 0.252 e. The van der Waals surface area contributed by atoms with Gasteiger partial charge < -0.3 is 15.4 Å². The van der Waals surface area contributed by atoms with E-state index in [1.54, 1.807) is 18.3 Å². The third-order valence-corrected chi connectivity index (χ3v) is 4.10. The summed E-state index contributed by atoms with van der Waals surface area (Å²) in [6, 6.07) is 10.9. The molecule has 0 fully saturated rings. The van der Waals surface area contributed by atoms with Crippen LogP contribution in [0.3, 0.4) is 0 Å². The van der Waals surface area contributed by atoms with Crippen LogP contribution >= 0.6 is 0 Å². The Bertz CT molecular complexity index is 911. The van der Waals surface area contributed by atoms with E-state index in [1.165, 1.54) is 0 Å². The molecule has 1 aromatic heterocycles. The third-order valence-electron chi connectivity index (χ3n) is 4.10. The molecule has 0 unspecified atom stereocenters. The first-order valence-corrected chi connectivity index (χ1v) is 7.39. The molecule has 2 heterocycles. The Morgan fingerprint density at radius 2 is 1.83 bits per heavy atom. The van der Waals surface area contributed by atoms with E-state index in [1.807, 2.05) is 31.2 Å². The summed E-state index contributed by atoms with van der Waals surface area (Å²) in [6.07, 6.45) is 1.75. The average Bonchev–Trinajstić information content (AvgIpc) is 3.15. The molecular weight excluding hydrogens is 290 g/mol. The molecule has 1 amide bonds. The number of carbonyl (C=O) groups is 1. The molecule has 3 N–H and O–H groups in total. The molecule has 0 radical (unpaired) electrons. The van der Waals surface area contributed by atoms with E-state index in [0.29, 0.717) is 17.9 Å². The highest BCUT2D eigenvalue weighted by atomic mass is 16.3. The van der Waals surface area contributed by atoms with Crippen molar-refractivity contribution in [2.75, 3.05) is 0 Å². The minimum Gasteiger partial charge on any atom is -0.508 e. The summed E-state index contributed by atoms with van der Waals surface area (Å²) in [5.74, 6) is 0.847.